The number of amides is 1. The van der Waals surface area contributed by atoms with Crippen LogP contribution in [0.15, 0.2) is 95.8 Å². The Kier molecular flexibility index (Phi) is 10.3. The van der Waals surface area contributed by atoms with E-state index in [1.54, 1.807) is 54.6 Å². The first kappa shape index (κ1) is 36.0. The van der Waals surface area contributed by atoms with E-state index in [4.69, 9.17) is 21.3 Å². The number of aryl methyl sites for hydroxylation is 2. The molecule has 12 nitrogen and oxygen atoms in total. The van der Waals surface area contributed by atoms with E-state index in [1.807, 2.05) is 0 Å². The number of rotatable bonds is 12. The molecule has 0 saturated carbocycles. The van der Waals surface area contributed by atoms with E-state index in [1.165, 1.54) is 37.0 Å². The summed E-state index contributed by atoms with van der Waals surface area (Å²) in [7, 11) is -0.918. The average Bonchev–Trinajstić information content (AvgIpc) is 3.42. The van der Waals surface area contributed by atoms with Crippen LogP contribution >= 0.6 is 11.6 Å². The molecule has 2 heterocycles. The maximum Gasteiger partial charge on any atom is 0.405 e. The maximum absolute atomic E-state index is 14.3. The standard InChI is InChI=1S/C36H31ClF2N6O6S/c1-44-33-30(13-12-27(37)32(33)34(42-44)43-52(49,50)15-14-21-8-10-26(51-2)11-9-21)45-31(46)20-28(23-6-4-3-5-7-23)40-35(45)29(41-36(47)48)18-22-16-24(38)19-25(39)17-22/h3-13,16-17,19-20,29,41H,14-15,18H2,1-2H3,(H,42,43)(H,47,48). The molecule has 0 spiro atoms. The van der Waals surface area contributed by atoms with Crippen molar-refractivity contribution in [3.63, 3.8) is 0 Å². The minimum Gasteiger partial charge on any atom is -0.497 e. The van der Waals surface area contributed by atoms with E-state index in [0.29, 0.717) is 17.4 Å². The van der Waals surface area contributed by atoms with Gasteiger partial charge in [0.25, 0.3) is 5.56 Å². The number of fused-ring (bicyclic) bond motifs is 1. The van der Waals surface area contributed by atoms with Crippen molar-refractivity contribution >= 4 is 44.4 Å². The van der Waals surface area contributed by atoms with Gasteiger partial charge in [0.15, 0.2) is 5.82 Å². The third-order valence-electron chi connectivity index (χ3n) is 8.21. The van der Waals surface area contributed by atoms with Crippen molar-refractivity contribution in [3.8, 4) is 22.7 Å². The van der Waals surface area contributed by atoms with Crippen molar-refractivity contribution in [1.29, 1.82) is 0 Å². The first-order chi connectivity index (χ1) is 24.8. The second kappa shape index (κ2) is 14.8. The van der Waals surface area contributed by atoms with E-state index in [9.17, 15) is 31.9 Å². The second-order valence-electron chi connectivity index (χ2n) is 11.8. The van der Waals surface area contributed by atoms with E-state index in [-0.39, 0.29) is 63.1 Å². The molecule has 4 aromatic carbocycles. The van der Waals surface area contributed by atoms with Gasteiger partial charge in [-0.15, -0.1) is 0 Å². The highest BCUT2D eigenvalue weighted by atomic mass is 35.5. The number of nitrogens with zero attached hydrogens (tertiary/aromatic N) is 4. The van der Waals surface area contributed by atoms with Crippen molar-refractivity contribution < 1.29 is 31.8 Å². The zero-order chi connectivity index (χ0) is 37.2. The van der Waals surface area contributed by atoms with Crippen molar-refractivity contribution in [3.05, 3.63) is 135 Å². The summed E-state index contributed by atoms with van der Waals surface area (Å²) in [5.41, 5.74) is 1.32. The fourth-order valence-electron chi connectivity index (χ4n) is 5.91. The highest BCUT2D eigenvalue weighted by Crippen LogP contribution is 2.36. The number of aromatic nitrogens is 4. The summed E-state index contributed by atoms with van der Waals surface area (Å²) in [4.78, 5) is 31.0. The van der Waals surface area contributed by atoms with Crippen LogP contribution in [-0.4, -0.2) is 51.8 Å². The quantitative estimate of drug-likeness (QED) is 0.132. The fourth-order valence-corrected chi connectivity index (χ4v) is 7.19. The normalized spacial score (nSPS) is 12.1. The Labute approximate surface area is 301 Å². The number of carboxylic acid groups (broad SMARTS) is 1. The van der Waals surface area contributed by atoms with Gasteiger partial charge in [0, 0.05) is 31.2 Å². The summed E-state index contributed by atoms with van der Waals surface area (Å²) in [5.74, 6) is -1.62. The van der Waals surface area contributed by atoms with Crippen LogP contribution in [0.5, 0.6) is 5.75 Å². The number of hydrogen-bond donors (Lipinski definition) is 3. The smallest absolute Gasteiger partial charge is 0.405 e. The first-order valence-corrected chi connectivity index (χ1v) is 17.8. The summed E-state index contributed by atoms with van der Waals surface area (Å²) >= 11 is 6.65. The van der Waals surface area contributed by atoms with Gasteiger partial charge in [0.2, 0.25) is 10.0 Å². The predicted octanol–water partition coefficient (Wildman–Crippen LogP) is 6.26. The molecule has 0 bridgehead atoms. The fraction of sp³-hybridized carbons (Fsp3) is 0.167. The van der Waals surface area contributed by atoms with Crippen LogP contribution in [-0.2, 0) is 29.9 Å². The summed E-state index contributed by atoms with van der Waals surface area (Å²) < 4.78 is 65.3. The topological polar surface area (TPSA) is 157 Å². The van der Waals surface area contributed by atoms with Gasteiger partial charge >= 0.3 is 6.09 Å². The molecule has 0 aliphatic carbocycles. The molecule has 6 aromatic rings. The SMILES string of the molecule is COc1ccc(CCS(=O)(=O)Nc2nn(C)c3c(-n4c(C(Cc5cc(F)cc(F)c5)NC(=O)O)nc(-c5ccccc5)cc4=O)ccc(Cl)c23)cc1. The van der Waals surface area contributed by atoms with Crippen LogP contribution in [0.1, 0.15) is 23.0 Å². The number of anilines is 1. The summed E-state index contributed by atoms with van der Waals surface area (Å²) in [6.45, 7) is 0. The monoisotopic (exact) mass is 748 g/mol. The number of sulfonamides is 1. The van der Waals surface area contributed by atoms with E-state index in [2.05, 4.69) is 15.1 Å². The average molecular weight is 749 g/mol. The highest BCUT2D eigenvalue weighted by Gasteiger charge is 2.27. The molecule has 6 rings (SSSR count). The number of methoxy groups -OCH3 is 1. The Morgan fingerprint density at radius 3 is 2.33 bits per heavy atom. The van der Waals surface area contributed by atoms with Gasteiger partial charge in [-0.3, -0.25) is 18.8 Å². The molecule has 0 radical (unpaired) electrons. The molecule has 0 saturated heterocycles. The zero-order valence-corrected chi connectivity index (χ0v) is 29.3. The Hall–Kier alpha value is -5.80. The van der Waals surface area contributed by atoms with Crippen molar-refractivity contribution in [2.75, 3.05) is 17.6 Å². The van der Waals surface area contributed by atoms with Gasteiger partial charge in [-0.1, -0.05) is 54.1 Å². The van der Waals surface area contributed by atoms with E-state index in [0.717, 1.165) is 22.3 Å². The van der Waals surface area contributed by atoms with Crippen LogP contribution in [0.25, 0.3) is 27.8 Å². The second-order valence-corrected chi connectivity index (χ2v) is 14.1. The van der Waals surface area contributed by atoms with Crippen molar-refractivity contribution in [2.24, 2.45) is 7.05 Å². The molecule has 0 fully saturated rings. The highest BCUT2D eigenvalue weighted by molar-refractivity contribution is 7.92. The molecule has 3 N–H and O–H groups in total. The lowest BCUT2D eigenvalue weighted by Crippen LogP contribution is -2.35. The Bertz CT molecular complexity index is 2440. The molecular formula is C36H31ClF2N6O6S. The van der Waals surface area contributed by atoms with Crippen LogP contribution in [0.4, 0.5) is 19.4 Å². The predicted molar refractivity (Wildman–Crippen MR) is 193 cm³/mol. The Morgan fingerprint density at radius 1 is 0.981 bits per heavy atom. The Balaban J connectivity index is 1.48. The third kappa shape index (κ3) is 7.90. The van der Waals surface area contributed by atoms with Gasteiger partial charge in [0.1, 0.15) is 23.2 Å². The van der Waals surface area contributed by atoms with Gasteiger partial charge < -0.3 is 15.2 Å². The lowest BCUT2D eigenvalue weighted by Gasteiger charge is -2.22. The van der Waals surface area contributed by atoms with Gasteiger partial charge in [-0.25, -0.2) is 27.0 Å². The third-order valence-corrected chi connectivity index (χ3v) is 9.77. The minimum atomic E-state index is -3.98. The molecule has 0 aliphatic rings. The lowest BCUT2D eigenvalue weighted by atomic mass is 10.0. The van der Waals surface area contributed by atoms with Crippen molar-refractivity contribution in [1.82, 2.24) is 24.6 Å². The number of benzene rings is 4. The number of ether oxygens (including phenoxy) is 1. The molecule has 268 valence electrons. The zero-order valence-electron chi connectivity index (χ0n) is 27.7. The summed E-state index contributed by atoms with van der Waals surface area (Å²) in [6, 6.07) is 21.3. The molecule has 0 aliphatic heterocycles. The van der Waals surface area contributed by atoms with Gasteiger partial charge in [-0.05, 0) is 53.9 Å². The summed E-state index contributed by atoms with van der Waals surface area (Å²) in [6.07, 6.45) is -1.59. The molecule has 52 heavy (non-hydrogen) atoms. The van der Waals surface area contributed by atoms with Crippen molar-refractivity contribution in [2.45, 2.75) is 18.9 Å². The maximum atomic E-state index is 14.3. The molecule has 1 atom stereocenters. The van der Waals surface area contributed by atoms with Gasteiger partial charge in [0.05, 0.1) is 46.2 Å². The first-order valence-electron chi connectivity index (χ1n) is 15.7. The van der Waals surface area contributed by atoms with E-state index < -0.39 is 39.4 Å². The van der Waals surface area contributed by atoms with Gasteiger partial charge in [-0.2, -0.15) is 5.10 Å². The largest absolute Gasteiger partial charge is 0.497 e. The van der Waals surface area contributed by atoms with Crippen LogP contribution in [0.3, 0.4) is 0 Å². The minimum absolute atomic E-state index is 0.0929. The molecular weight excluding hydrogens is 718 g/mol. The van der Waals surface area contributed by atoms with Crippen LogP contribution in [0, 0.1) is 11.6 Å². The number of nitrogens with one attached hydrogen (secondary N) is 2. The Morgan fingerprint density at radius 2 is 1.67 bits per heavy atom. The number of hydrogen-bond acceptors (Lipinski definition) is 7. The molecule has 2 aromatic heterocycles. The van der Waals surface area contributed by atoms with Crippen LogP contribution in [0.2, 0.25) is 5.02 Å². The van der Waals surface area contributed by atoms with Crippen LogP contribution < -0.4 is 20.3 Å². The lowest BCUT2D eigenvalue weighted by molar-refractivity contribution is 0.189. The summed E-state index contributed by atoms with van der Waals surface area (Å²) in [5, 5.41) is 16.9. The number of carbonyl (C=O) groups is 1. The number of halogens is 3. The molecule has 16 heteroatoms. The molecule has 1 unspecified atom stereocenters. The molecule has 1 amide bonds. The van der Waals surface area contributed by atoms with E-state index >= 15 is 0 Å².